The Morgan fingerprint density at radius 2 is 1.86 bits per heavy atom. The number of esters is 1. The van der Waals surface area contributed by atoms with Crippen LogP contribution >= 0.6 is 23.2 Å². The van der Waals surface area contributed by atoms with E-state index >= 15 is 0 Å². The maximum absolute atomic E-state index is 12.4. The van der Waals surface area contributed by atoms with Crippen molar-refractivity contribution in [3.8, 4) is 29.1 Å². The molecule has 0 amide bonds. The van der Waals surface area contributed by atoms with Gasteiger partial charge in [-0.3, -0.25) is 0 Å². The lowest BCUT2D eigenvalue weighted by atomic mass is 9.83. The van der Waals surface area contributed by atoms with E-state index in [9.17, 15) is 10.1 Å². The molecule has 1 aliphatic heterocycles. The number of ether oxygens (including phenoxy) is 4. The Morgan fingerprint density at radius 1 is 1.06 bits per heavy atom. The fraction of sp³-hybridized carbons (Fsp3) is 0.185. The summed E-state index contributed by atoms with van der Waals surface area (Å²) in [5.41, 5.74) is 7.86. The third-order valence-electron chi connectivity index (χ3n) is 5.35. The second-order valence-electron chi connectivity index (χ2n) is 7.85. The number of hydrogen-bond acceptors (Lipinski definition) is 7. The Labute approximate surface area is 218 Å². The van der Waals surface area contributed by atoms with Gasteiger partial charge in [-0.2, -0.15) is 5.26 Å². The summed E-state index contributed by atoms with van der Waals surface area (Å²) in [6, 6.07) is 19.2. The molecular formula is C27H22Cl2N2O5. The molecule has 36 heavy (non-hydrogen) atoms. The Kier molecular flexibility index (Phi) is 7.89. The van der Waals surface area contributed by atoms with Crippen LogP contribution in [-0.4, -0.2) is 19.2 Å². The number of nitriles is 1. The zero-order valence-electron chi connectivity index (χ0n) is 19.3. The summed E-state index contributed by atoms with van der Waals surface area (Å²) in [7, 11) is 0. The van der Waals surface area contributed by atoms with E-state index in [1.165, 1.54) is 6.07 Å². The minimum Gasteiger partial charge on any atom is -0.493 e. The first-order chi connectivity index (χ1) is 17.4. The summed E-state index contributed by atoms with van der Waals surface area (Å²) in [5.74, 6) is 0.386. The van der Waals surface area contributed by atoms with Gasteiger partial charge in [-0.1, -0.05) is 54.4 Å². The van der Waals surface area contributed by atoms with Gasteiger partial charge in [0.25, 0.3) is 0 Å². The lowest BCUT2D eigenvalue weighted by molar-refractivity contribution is -0.136. The number of nitrogens with two attached hydrogens (primary N) is 1. The topological polar surface area (TPSA) is 104 Å². The van der Waals surface area contributed by atoms with E-state index in [1.54, 1.807) is 30.3 Å². The monoisotopic (exact) mass is 524 g/mol. The fourth-order valence-electron chi connectivity index (χ4n) is 3.77. The third-order valence-corrected chi connectivity index (χ3v) is 5.88. The molecule has 1 heterocycles. The summed E-state index contributed by atoms with van der Waals surface area (Å²) < 4.78 is 22.5. The van der Waals surface area contributed by atoms with Crippen molar-refractivity contribution in [3.05, 3.63) is 93.3 Å². The number of carbonyl (C=O) groups is 1. The first kappa shape index (κ1) is 25.2. The quantitative estimate of drug-likeness (QED) is 0.285. The fourth-order valence-corrected chi connectivity index (χ4v) is 4.23. The maximum Gasteiger partial charge on any atom is 0.349 e. The largest absolute Gasteiger partial charge is 0.493 e. The summed E-state index contributed by atoms with van der Waals surface area (Å²) in [6.45, 7) is 2.18. The maximum atomic E-state index is 12.4. The predicted molar refractivity (Wildman–Crippen MR) is 136 cm³/mol. The average Bonchev–Trinajstić information content (AvgIpc) is 2.86. The minimum absolute atomic E-state index is 0.0236. The lowest BCUT2D eigenvalue weighted by Crippen LogP contribution is -2.22. The molecule has 0 saturated carbocycles. The van der Waals surface area contributed by atoms with Crippen molar-refractivity contribution in [2.75, 3.05) is 13.2 Å². The molecule has 2 N–H and O–H groups in total. The molecule has 0 bridgehead atoms. The second kappa shape index (κ2) is 11.3. The third kappa shape index (κ3) is 5.51. The van der Waals surface area contributed by atoms with Crippen LogP contribution in [0.1, 0.15) is 30.4 Å². The van der Waals surface area contributed by atoms with Gasteiger partial charge >= 0.3 is 5.97 Å². The summed E-state index contributed by atoms with van der Waals surface area (Å²) in [5, 5.41) is 10.6. The highest BCUT2D eigenvalue weighted by molar-refractivity contribution is 6.35. The molecule has 0 spiro atoms. The van der Waals surface area contributed by atoms with Crippen molar-refractivity contribution < 1.29 is 23.7 Å². The van der Waals surface area contributed by atoms with Crippen LogP contribution in [0.5, 0.6) is 23.0 Å². The highest BCUT2D eigenvalue weighted by atomic mass is 35.5. The average molecular weight is 525 g/mol. The number of para-hydroxylation sites is 1. The van der Waals surface area contributed by atoms with E-state index in [0.717, 1.165) is 12.0 Å². The van der Waals surface area contributed by atoms with Crippen LogP contribution in [0.4, 0.5) is 0 Å². The van der Waals surface area contributed by atoms with Gasteiger partial charge in [0.1, 0.15) is 34.6 Å². The Balaban J connectivity index is 1.57. The molecule has 3 aromatic rings. The van der Waals surface area contributed by atoms with Gasteiger partial charge in [0, 0.05) is 22.2 Å². The van der Waals surface area contributed by atoms with E-state index in [1.807, 2.05) is 31.2 Å². The summed E-state index contributed by atoms with van der Waals surface area (Å²) in [4.78, 5) is 12.4. The molecule has 1 unspecified atom stereocenters. The van der Waals surface area contributed by atoms with Crippen LogP contribution in [-0.2, 0) is 4.79 Å². The van der Waals surface area contributed by atoms with Crippen molar-refractivity contribution in [1.29, 1.82) is 5.26 Å². The van der Waals surface area contributed by atoms with Crippen LogP contribution in [0.25, 0.3) is 0 Å². The number of nitrogens with zero attached hydrogens (tertiary/aromatic N) is 1. The summed E-state index contributed by atoms with van der Waals surface area (Å²) in [6.07, 6.45) is 0.838. The summed E-state index contributed by atoms with van der Waals surface area (Å²) >= 11 is 11.9. The molecule has 184 valence electrons. The number of hydrogen-bond donors (Lipinski definition) is 1. The van der Waals surface area contributed by atoms with Gasteiger partial charge in [-0.25, -0.2) is 4.79 Å². The zero-order valence-corrected chi connectivity index (χ0v) is 20.8. The molecule has 0 radical (unpaired) electrons. The number of carbonyl (C=O) groups excluding carboxylic acids is 1. The molecule has 1 aliphatic rings. The Hall–Kier alpha value is -3.86. The van der Waals surface area contributed by atoms with E-state index < -0.39 is 11.9 Å². The first-order valence-corrected chi connectivity index (χ1v) is 11.9. The highest BCUT2D eigenvalue weighted by Gasteiger charge is 2.33. The Morgan fingerprint density at radius 3 is 2.61 bits per heavy atom. The Bertz CT molecular complexity index is 1370. The predicted octanol–water partition coefficient (Wildman–Crippen LogP) is 5.98. The van der Waals surface area contributed by atoms with E-state index in [2.05, 4.69) is 6.07 Å². The molecule has 7 nitrogen and oxygen atoms in total. The molecule has 1 atom stereocenters. The van der Waals surface area contributed by atoms with Crippen molar-refractivity contribution >= 4 is 29.2 Å². The minimum atomic E-state index is -0.645. The number of benzene rings is 3. The van der Waals surface area contributed by atoms with E-state index in [4.69, 9.17) is 47.9 Å². The molecule has 9 heteroatoms. The number of fused-ring (bicyclic) bond motifs is 1. The van der Waals surface area contributed by atoms with E-state index in [-0.39, 0.29) is 28.8 Å². The van der Waals surface area contributed by atoms with Crippen LogP contribution in [0.2, 0.25) is 10.0 Å². The van der Waals surface area contributed by atoms with E-state index in [0.29, 0.717) is 34.4 Å². The van der Waals surface area contributed by atoms with Crippen LogP contribution in [0, 0.1) is 11.3 Å². The molecule has 0 aliphatic carbocycles. The van der Waals surface area contributed by atoms with Gasteiger partial charge in [0.15, 0.2) is 6.61 Å². The molecular weight excluding hydrogens is 503 g/mol. The van der Waals surface area contributed by atoms with Gasteiger partial charge < -0.3 is 24.7 Å². The smallest absolute Gasteiger partial charge is 0.349 e. The zero-order chi connectivity index (χ0) is 25.7. The van der Waals surface area contributed by atoms with Crippen molar-refractivity contribution in [2.45, 2.75) is 19.3 Å². The molecule has 3 aromatic carbocycles. The highest BCUT2D eigenvalue weighted by Crippen LogP contribution is 2.45. The van der Waals surface area contributed by atoms with Crippen LogP contribution in [0.15, 0.2) is 72.1 Å². The van der Waals surface area contributed by atoms with Crippen molar-refractivity contribution in [1.82, 2.24) is 0 Å². The molecule has 0 fully saturated rings. The second-order valence-corrected chi connectivity index (χ2v) is 8.69. The number of halogens is 2. The number of rotatable bonds is 8. The molecule has 4 rings (SSSR count). The lowest BCUT2D eigenvalue weighted by Gasteiger charge is -2.28. The van der Waals surface area contributed by atoms with Crippen LogP contribution in [0.3, 0.4) is 0 Å². The van der Waals surface area contributed by atoms with Crippen molar-refractivity contribution in [3.63, 3.8) is 0 Å². The standard InChI is InChI=1S/C27H22Cl2N2O5/c1-2-11-33-22-6-4-3-5-18(22)26-19-9-8-17(13-24(19)36-27(31)20(26)14-30)35-25(32)15-34-23-10-7-16(28)12-21(23)29/h3-10,12-13,26H,2,11,15,31H2,1H3. The van der Waals surface area contributed by atoms with Gasteiger partial charge in [0.05, 0.1) is 17.5 Å². The van der Waals surface area contributed by atoms with Gasteiger partial charge in [0.2, 0.25) is 5.88 Å². The SMILES string of the molecule is CCCOc1ccccc1C1C(C#N)=C(N)Oc2cc(OC(=O)COc3ccc(Cl)cc3Cl)ccc21. The molecule has 0 aromatic heterocycles. The van der Waals surface area contributed by atoms with Crippen molar-refractivity contribution in [2.24, 2.45) is 5.73 Å². The van der Waals surface area contributed by atoms with Crippen LogP contribution < -0.4 is 24.7 Å². The molecule has 0 saturated heterocycles. The number of allylic oxidation sites excluding steroid dienone is 1. The van der Waals surface area contributed by atoms with Gasteiger partial charge in [-0.15, -0.1) is 0 Å². The van der Waals surface area contributed by atoms with Gasteiger partial charge in [-0.05, 0) is 36.8 Å². The first-order valence-electron chi connectivity index (χ1n) is 11.1. The normalized spacial score (nSPS) is 14.3.